The summed E-state index contributed by atoms with van der Waals surface area (Å²) in [6, 6.07) is 2.07. The van der Waals surface area contributed by atoms with Crippen LogP contribution in [0.15, 0.2) is 19.6 Å². The van der Waals surface area contributed by atoms with Crippen LogP contribution in [0.4, 0.5) is 4.79 Å². The highest BCUT2D eigenvalue weighted by Gasteiger charge is 2.18. The van der Waals surface area contributed by atoms with E-state index in [1.807, 2.05) is 26.8 Å². The fraction of sp³-hybridized carbons (Fsp3) is 0.688. The highest BCUT2D eigenvalue weighted by Crippen LogP contribution is 2.26. The Bertz CT molecular complexity index is 490. The van der Waals surface area contributed by atoms with Crippen molar-refractivity contribution in [3.8, 4) is 0 Å². The molecule has 0 saturated carbocycles. The van der Waals surface area contributed by atoms with Crippen LogP contribution in [0.2, 0.25) is 0 Å². The van der Waals surface area contributed by atoms with Crippen LogP contribution in [-0.4, -0.2) is 24.3 Å². The van der Waals surface area contributed by atoms with Crippen molar-refractivity contribution in [2.45, 2.75) is 59.2 Å². The molecule has 1 atom stereocenters. The number of furan rings is 1. The first-order valence-electron chi connectivity index (χ1n) is 7.70. The molecule has 1 heterocycles. The van der Waals surface area contributed by atoms with Crippen LogP contribution in [0, 0.1) is 5.92 Å². The predicted molar refractivity (Wildman–Crippen MR) is 98.4 cm³/mol. The van der Waals surface area contributed by atoms with Gasteiger partial charge in [-0.05, 0) is 71.0 Å². The molecule has 0 spiro atoms. The molecule has 1 aromatic rings. The average Bonchev–Trinajstić information content (AvgIpc) is 2.69. The number of hydrogen-bond acceptors (Lipinski definition) is 4. The van der Waals surface area contributed by atoms with Crippen LogP contribution in [-0.2, 0) is 11.3 Å². The van der Waals surface area contributed by atoms with Crippen LogP contribution in [0.5, 0.6) is 0 Å². The van der Waals surface area contributed by atoms with Crippen molar-refractivity contribution in [1.82, 2.24) is 10.6 Å². The lowest BCUT2D eigenvalue weighted by atomic mass is 10.0. The topological polar surface area (TPSA) is 63.5 Å². The lowest BCUT2D eigenvalue weighted by Crippen LogP contribution is -2.43. The van der Waals surface area contributed by atoms with E-state index in [0.717, 1.165) is 16.7 Å². The summed E-state index contributed by atoms with van der Waals surface area (Å²) in [7, 11) is 0. The van der Waals surface area contributed by atoms with Crippen LogP contribution >= 0.6 is 31.9 Å². The Kier molecular flexibility index (Phi) is 8.10. The maximum absolute atomic E-state index is 11.8. The minimum atomic E-state index is -0.488. The van der Waals surface area contributed by atoms with E-state index in [9.17, 15) is 4.79 Å². The van der Waals surface area contributed by atoms with E-state index in [4.69, 9.17) is 9.15 Å². The van der Waals surface area contributed by atoms with E-state index in [0.29, 0.717) is 23.7 Å². The molecule has 0 saturated heterocycles. The number of hydrogen-bond donors (Lipinski definition) is 2. The van der Waals surface area contributed by atoms with E-state index in [2.05, 4.69) is 56.3 Å². The molecule has 5 nitrogen and oxygen atoms in total. The second-order valence-electron chi connectivity index (χ2n) is 6.92. The van der Waals surface area contributed by atoms with Gasteiger partial charge in [0.2, 0.25) is 0 Å². The van der Waals surface area contributed by atoms with Crippen molar-refractivity contribution in [1.29, 1.82) is 0 Å². The maximum atomic E-state index is 11.8. The number of alkyl carbamates (subject to hydrolysis) is 1. The molecular formula is C16H26Br2N2O3. The van der Waals surface area contributed by atoms with Crippen LogP contribution in [0.25, 0.3) is 0 Å². The largest absolute Gasteiger partial charge is 0.452 e. The molecule has 1 rings (SSSR count). The third-order valence-electron chi connectivity index (χ3n) is 2.91. The number of nitrogens with one attached hydrogen (secondary N) is 2. The fourth-order valence-electron chi connectivity index (χ4n) is 2.05. The van der Waals surface area contributed by atoms with Gasteiger partial charge in [0.1, 0.15) is 11.4 Å². The number of halogens is 2. The van der Waals surface area contributed by atoms with Gasteiger partial charge < -0.3 is 19.8 Å². The van der Waals surface area contributed by atoms with Gasteiger partial charge in [0.15, 0.2) is 4.67 Å². The number of carbonyl (C=O) groups excluding carboxylic acids is 1. The van der Waals surface area contributed by atoms with Crippen LogP contribution < -0.4 is 10.6 Å². The predicted octanol–water partition coefficient (Wildman–Crippen LogP) is 4.83. The zero-order valence-corrected chi connectivity index (χ0v) is 17.5. The van der Waals surface area contributed by atoms with Gasteiger partial charge in [-0.2, -0.15) is 0 Å². The van der Waals surface area contributed by atoms with Gasteiger partial charge >= 0.3 is 6.09 Å². The first-order valence-corrected chi connectivity index (χ1v) is 9.29. The summed E-state index contributed by atoms with van der Waals surface area (Å²) < 4.78 is 12.4. The lowest BCUT2D eigenvalue weighted by Gasteiger charge is -2.23. The third-order valence-corrected chi connectivity index (χ3v) is 4.62. The summed E-state index contributed by atoms with van der Waals surface area (Å²) in [5, 5.41) is 6.25. The number of rotatable bonds is 7. The molecule has 1 amide bonds. The van der Waals surface area contributed by atoms with Gasteiger partial charge in [0.05, 0.1) is 11.0 Å². The second-order valence-corrected chi connectivity index (χ2v) is 8.50. The standard InChI is InChI=1S/C16H26Br2N2O3/c1-10(2)6-11(8-20-15(21)23-16(3,4)5)19-9-12-7-13(17)14(18)22-12/h7,10-11,19H,6,8-9H2,1-5H3,(H,20,21). The van der Waals surface area contributed by atoms with Crippen LogP contribution in [0.3, 0.4) is 0 Å². The van der Waals surface area contributed by atoms with Crippen molar-refractivity contribution in [3.05, 3.63) is 21.0 Å². The van der Waals surface area contributed by atoms with Crippen molar-refractivity contribution < 1.29 is 13.9 Å². The van der Waals surface area contributed by atoms with Crippen molar-refractivity contribution in [3.63, 3.8) is 0 Å². The average molecular weight is 454 g/mol. The minimum Gasteiger partial charge on any atom is -0.452 e. The molecule has 132 valence electrons. The smallest absolute Gasteiger partial charge is 0.407 e. The molecule has 23 heavy (non-hydrogen) atoms. The van der Waals surface area contributed by atoms with Gasteiger partial charge in [-0.15, -0.1) is 0 Å². The molecule has 0 fully saturated rings. The van der Waals surface area contributed by atoms with E-state index >= 15 is 0 Å². The number of amides is 1. The van der Waals surface area contributed by atoms with E-state index in [-0.39, 0.29) is 6.04 Å². The summed E-state index contributed by atoms with van der Waals surface area (Å²) in [5.74, 6) is 1.35. The quantitative estimate of drug-likeness (QED) is 0.620. The Hall–Kier alpha value is -0.530. The molecule has 1 unspecified atom stereocenters. The number of carbonyl (C=O) groups is 1. The molecular weight excluding hydrogens is 428 g/mol. The zero-order valence-electron chi connectivity index (χ0n) is 14.3. The molecule has 0 aliphatic heterocycles. The molecule has 0 radical (unpaired) electrons. The first kappa shape index (κ1) is 20.5. The molecule has 0 aromatic carbocycles. The Morgan fingerprint density at radius 3 is 2.48 bits per heavy atom. The summed E-state index contributed by atoms with van der Waals surface area (Å²) in [6.45, 7) is 11.0. The van der Waals surface area contributed by atoms with Gasteiger partial charge in [0.25, 0.3) is 0 Å². The molecule has 0 bridgehead atoms. The highest BCUT2D eigenvalue weighted by atomic mass is 79.9. The highest BCUT2D eigenvalue weighted by molar-refractivity contribution is 9.13. The normalized spacial score (nSPS) is 13.2. The van der Waals surface area contributed by atoms with Gasteiger partial charge in [-0.25, -0.2) is 4.79 Å². The summed E-state index contributed by atoms with van der Waals surface area (Å²) in [4.78, 5) is 11.8. The summed E-state index contributed by atoms with van der Waals surface area (Å²) in [6.07, 6.45) is 0.551. The minimum absolute atomic E-state index is 0.144. The van der Waals surface area contributed by atoms with Crippen molar-refractivity contribution in [2.24, 2.45) is 5.92 Å². The fourth-order valence-corrected chi connectivity index (χ4v) is 2.71. The Labute approximate surface area is 155 Å². The monoisotopic (exact) mass is 452 g/mol. The number of ether oxygens (including phenoxy) is 1. The maximum Gasteiger partial charge on any atom is 0.407 e. The van der Waals surface area contributed by atoms with Crippen molar-refractivity contribution >= 4 is 38.0 Å². The summed E-state index contributed by atoms with van der Waals surface area (Å²) >= 11 is 6.73. The van der Waals surface area contributed by atoms with Crippen LogP contribution in [0.1, 0.15) is 46.8 Å². The molecule has 0 aliphatic carbocycles. The molecule has 7 heteroatoms. The molecule has 2 N–H and O–H groups in total. The zero-order chi connectivity index (χ0) is 17.6. The summed E-state index contributed by atoms with van der Waals surface area (Å²) in [5.41, 5.74) is -0.488. The first-order chi connectivity index (χ1) is 10.6. The molecule has 1 aromatic heterocycles. The van der Waals surface area contributed by atoms with Crippen molar-refractivity contribution in [2.75, 3.05) is 6.54 Å². The third kappa shape index (κ3) is 8.77. The molecule has 0 aliphatic rings. The second kappa shape index (κ2) is 9.08. The SMILES string of the molecule is CC(C)CC(CNC(=O)OC(C)(C)C)NCc1cc(Br)c(Br)o1. The van der Waals surface area contributed by atoms with Gasteiger partial charge in [-0.1, -0.05) is 13.8 Å². The Morgan fingerprint density at radius 2 is 2.00 bits per heavy atom. The van der Waals surface area contributed by atoms with Gasteiger partial charge in [-0.3, -0.25) is 0 Å². The van der Waals surface area contributed by atoms with Gasteiger partial charge in [0, 0.05) is 12.6 Å². The Morgan fingerprint density at radius 1 is 1.35 bits per heavy atom. The lowest BCUT2D eigenvalue weighted by molar-refractivity contribution is 0.0520. The van der Waals surface area contributed by atoms with E-state index in [1.165, 1.54) is 0 Å². The Balaban J connectivity index is 2.50. The van der Waals surface area contributed by atoms with E-state index in [1.54, 1.807) is 0 Å². The van der Waals surface area contributed by atoms with E-state index < -0.39 is 11.7 Å².